The molecular weight excluding hydrogens is 392 g/mol. The number of hydrogen-bond donors (Lipinski definition) is 1. The van der Waals surface area contributed by atoms with Crippen molar-refractivity contribution in [2.45, 2.75) is 23.1 Å². The van der Waals surface area contributed by atoms with Gasteiger partial charge in [0, 0.05) is 31.2 Å². The van der Waals surface area contributed by atoms with Crippen LogP contribution in [0.5, 0.6) is 0 Å². The maximum absolute atomic E-state index is 12.5. The van der Waals surface area contributed by atoms with Gasteiger partial charge in [-0.3, -0.25) is 14.3 Å². The first kappa shape index (κ1) is 19.9. The smallest absolute Gasteiger partial charge is 0.254 e. The number of carbonyl (C=O) groups excluding carboxylic acids is 2. The summed E-state index contributed by atoms with van der Waals surface area (Å²) in [4.78, 5) is 27.7. The second kappa shape index (κ2) is 8.98. The van der Waals surface area contributed by atoms with Gasteiger partial charge < -0.3 is 19.7 Å². The molecule has 8 nitrogen and oxygen atoms in total. The first-order valence-electron chi connectivity index (χ1n) is 9.57. The Kier molecular flexibility index (Phi) is 6.17. The monoisotopic (exact) mass is 416 g/mol. The number of rotatable bonds is 5. The van der Waals surface area contributed by atoms with E-state index in [4.69, 9.17) is 9.47 Å². The Bertz CT molecular complexity index is 843. The van der Waals surface area contributed by atoms with Crippen LogP contribution in [-0.4, -0.2) is 76.8 Å². The highest BCUT2D eigenvalue weighted by atomic mass is 32.2. The Balaban J connectivity index is 1.25. The average molecular weight is 417 g/mol. The van der Waals surface area contributed by atoms with Crippen LogP contribution in [0.3, 0.4) is 0 Å². The van der Waals surface area contributed by atoms with Crippen LogP contribution in [0.2, 0.25) is 0 Å². The van der Waals surface area contributed by atoms with Crippen molar-refractivity contribution in [1.29, 1.82) is 0 Å². The number of fused-ring (bicyclic) bond motifs is 1. The van der Waals surface area contributed by atoms with E-state index in [-0.39, 0.29) is 30.1 Å². The number of thioether (sulfide) groups is 1. The molecule has 4 rings (SSSR count). The van der Waals surface area contributed by atoms with Gasteiger partial charge in [0.25, 0.3) is 5.91 Å². The van der Waals surface area contributed by atoms with Gasteiger partial charge in [-0.05, 0) is 12.1 Å². The van der Waals surface area contributed by atoms with E-state index in [9.17, 15) is 9.59 Å². The summed E-state index contributed by atoms with van der Waals surface area (Å²) in [5, 5.41) is 6.93. The maximum atomic E-state index is 12.5. The van der Waals surface area contributed by atoms with Crippen molar-refractivity contribution in [3.63, 3.8) is 0 Å². The lowest BCUT2D eigenvalue weighted by molar-refractivity contribution is -0.128. The second-order valence-corrected chi connectivity index (χ2v) is 8.27. The molecule has 2 amide bonds. The molecule has 9 heteroatoms. The van der Waals surface area contributed by atoms with E-state index in [2.05, 4.69) is 10.4 Å². The summed E-state index contributed by atoms with van der Waals surface area (Å²) in [6.07, 6.45) is 2.86. The third-order valence-corrected chi connectivity index (χ3v) is 6.00. The van der Waals surface area contributed by atoms with Crippen molar-refractivity contribution in [3.8, 4) is 0 Å². The molecule has 2 saturated heterocycles. The summed E-state index contributed by atoms with van der Waals surface area (Å²) in [5.41, 5.74) is 0.504. The van der Waals surface area contributed by atoms with E-state index in [1.807, 2.05) is 30.3 Å². The van der Waals surface area contributed by atoms with Gasteiger partial charge in [-0.1, -0.05) is 18.2 Å². The Morgan fingerprint density at radius 2 is 1.86 bits per heavy atom. The van der Waals surface area contributed by atoms with E-state index in [0.29, 0.717) is 37.6 Å². The molecule has 3 heterocycles. The predicted octanol–water partition coefficient (Wildman–Crippen LogP) is 0.937. The van der Waals surface area contributed by atoms with Gasteiger partial charge in [-0.25, -0.2) is 0 Å². The van der Waals surface area contributed by atoms with E-state index in [0.717, 1.165) is 4.90 Å². The van der Waals surface area contributed by atoms with Crippen LogP contribution in [0.15, 0.2) is 47.6 Å². The fourth-order valence-corrected chi connectivity index (χ4v) is 4.26. The molecule has 2 fully saturated rings. The average Bonchev–Trinajstić information content (AvgIpc) is 3.31. The standard InChI is InChI=1S/C20H24N4O4S/c1-23-8-14(7-21-23)20(26)22-15-11-27-17-9-24(10-18(17)28-12-15)19(25)13-29-16-5-3-2-4-6-16/h2-8,15,17-18H,9-13H2,1H3,(H,22,26)/t17-,18-/m0/s1. The Hall–Kier alpha value is -2.36. The summed E-state index contributed by atoms with van der Waals surface area (Å²) in [5.74, 6) is 0.283. The molecule has 1 aromatic carbocycles. The van der Waals surface area contributed by atoms with Crippen LogP contribution in [0.25, 0.3) is 0 Å². The lowest BCUT2D eigenvalue weighted by Gasteiger charge is -2.19. The highest BCUT2D eigenvalue weighted by molar-refractivity contribution is 8.00. The normalized spacial score (nSPS) is 22.2. The molecule has 0 spiro atoms. The second-order valence-electron chi connectivity index (χ2n) is 7.22. The summed E-state index contributed by atoms with van der Waals surface area (Å²) in [6, 6.07) is 9.65. The number of hydrogen-bond acceptors (Lipinski definition) is 6. The van der Waals surface area contributed by atoms with Crippen molar-refractivity contribution in [2.75, 3.05) is 32.1 Å². The Labute approximate surface area is 173 Å². The quantitative estimate of drug-likeness (QED) is 0.730. The number of aromatic nitrogens is 2. The van der Waals surface area contributed by atoms with Crippen molar-refractivity contribution in [3.05, 3.63) is 48.3 Å². The number of ether oxygens (including phenoxy) is 2. The molecule has 1 aromatic heterocycles. The van der Waals surface area contributed by atoms with Crippen LogP contribution in [-0.2, 0) is 21.3 Å². The zero-order valence-corrected chi connectivity index (χ0v) is 17.0. The van der Waals surface area contributed by atoms with E-state index in [1.54, 1.807) is 22.8 Å². The highest BCUT2D eigenvalue weighted by Gasteiger charge is 2.39. The third kappa shape index (κ3) is 4.98. The van der Waals surface area contributed by atoms with Crippen molar-refractivity contribution >= 4 is 23.6 Å². The van der Waals surface area contributed by atoms with Crippen LogP contribution in [0.4, 0.5) is 0 Å². The molecule has 29 heavy (non-hydrogen) atoms. The third-order valence-electron chi connectivity index (χ3n) is 5.00. The lowest BCUT2D eigenvalue weighted by Crippen LogP contribution is -2.41. The van der Waals surface area contributed by atoms with Crippen LogP contribution < -0.4 is 5.32 Å². The SMILES string of the molecule is Cn1cc(C(=O)NC2CO[C@H]3CN(C(=O)CSc4ccccc4)C[C@@H]3OC2)cn1. The number of likely N-dealkylation sites (tertiary alicyclic amines) is 1. The molecule has 0 aliphatic carbocycles. The minimum atomic E-state index is -0.230. The van der Waals surface area contributed by atoms with Gasteiger partial charge in [0.15, 0.2) is 0 Å². The predicted molar refractivity (Wildman–Crippen MR) is 108 cm³/mol. The summed E-state index contributed by atoms with van der Waals surface area (Å²) < 4.78 is 13.5. The minimum absolute atomic E-state index is 0.0838. The molecule has 1 N–H and O–H groups in total. The van der Waals surface area contributed by atoms with Crippen LogP contribution in [0, 0.1) is 0 Å². The molecule has 154 valence electrons. The zero-order valence-electron chi connectivity index (χ0n) is 16.2. The first-order chi connectivity index (χ1) is 14.1. The van der Waals surface area contributed by atoms with Gasteiger partial charge in [0.1, 0.15) is 12.2 Å². The first-order valence-corrected chi connectivity index (χ1v) is 10.6. The molecule has 2 atom stereocenters. The molecule has 0 bridgehead atoms. The van der Waals surface area contributed by atoms with Crippen LogP contribution in [0.1, 0.15) is 10.4 Å². The largest absolute Gasteiger partial charge is 0.371 e. The zero-order chi connectivity index (χ0) is 20.2. The fraction of sp³-hybridized carbons (Fsp3) is 0.450. The summed E-state index contributed by atoms with van der Waals surface area (Å²) in [6.45, 7) is 1.74. The van der Waals surface area contributed by atoms with E-state index in [1.165, 1.54) is 18.0 Å². The fourth-order valence-electron chi connectivity index (χ4n) is 3.44. The van der Waals surface area contributed by atoms with Gasteiger partial charge >= 0.3 is 0 Å². The van der Waals surface area contributed by atoms with Crippen molar-refractivity contribution in [1.82, 2.24) is 20.0 Å². The molecular formula is C20H24N4O4S. The van der Waals surface area contributed by atoms with Gasteiger partial charge in [0.05, 0.1) is 36.8 Å². The molecule has 0 unspecified atom stereocenters. The number of amides is 2. The van der Waals surface area contributed by atoms with Gasteiger partial charge in [0.2, 0.25) is 5.91 Å². The summed E-state index contributed by atoms with van der Waals surface area (Å²) in [7, 11) is 1.77. The van der Waals surface area contributed by atoms with E-state index >= 15 is 0 Å². The van der Waals surface area contributed by atoms with Crippen LogP contribution >= 0.6 is 11.8 Å². The van der Waals surface area contributed by atoms with Gasteiger partial charge in [-0.15, -0.1) is 11.8 Å². The lowest BCUT2D eigenvalue weighted by atomic mass is 10.3. The number of aryl methyl sites for hydroxylation is 1. The molecule has 2 aliphatic rings. The maximum Gasteiger partial charge on any atom is 0.254 e. The molecule has 0 radical (unpaired) electrons. The Morgan fingerprint density at radius 1 is 1.17 bits per heavy atom. The molecule has 2 aliphatic heterocycles. The van der Waals surface area contributed by atoms with Crippen molar-refractivity contribution < 1.29 is 19.1 Å². The number of carbonyl (C=O) groups is 2. The summed E-state index contributed by atoms with van der Waals surface area (Å²) >= 11 is 1.53. The number of nitrogens with one attached hydrogen (secondary N) is 1. The molecule has 2 aromatic rings. The van der Waals surface area contributed by atoms with E-state index < -0.39 is 0 Å². The number of nitrogens with zero attached hydrogens (tertiary/aromatic N) is 3. The van der Waals surface area contributed by atoms with Crippen molar-refractivity contribution in [2.24, 2.45) is 7.05 Å². The molecule has 0 saturated carbocycles. The minimum Gasteiger partial charge on any atom is -0.371 e. The van der Waals surface area contributed by atoms with Gasteiger partial charge in [-0.2, -0.15) is 5.10 Å². The Morgan fingerprint density at radius 3 is 2.48 bits per heavy atom. The number of benzene rings is 1. The topological polar surface area (TPSA) is 85.7 Å². The highest BCUT2D eigenvalue weighted by Crippen LogP contribution is 2.23.